The lowest BCUT2D eigenvalue weighted by Gasteiger charge is -1.98. The Morgan fingerprint density at radius 1 is 1.38 bits per heavy atom. The van der Waals surface area contributed by atoms with Crippen LogP contribution in [-0.4, -0.2) is 31.2 Å². The van der Waals surface area contributed by atoms with Gasteiger partial charge in [-0.05, 0) is 18.5 Å². The second-order valence-corrected chi connectivity index (χ2v) is 4.59. The Balaban J connectivity index is 2.94. The summed E-state index contributed by atoms with van der Waals surface area (Å²) < 4.78 is 21.9. The predicted molar refractivity (Wildman–Crippen MR) is 47.9 cm³/mol. The van der Waals surface area contributed by atoms with Crippen LogP contribution in [0.3, 0.4) is 0 Å². The molecule has 0 saturated carbocycles. The second kappa shape index (κ2) is 3.80. The van der Waals surface area contributed by atoms with Crippen LogP contribution in [0.1, 0.15) is 5.56 Å². The monoisotopic (exact) mass is 201 g/mol. The van der Waals surface area contributed by atoms with E-state index < -0.39 is 9.84 Å². The summed E-state index contributed by atoms with van der Waals surface area (Å²) >= 11 is 0. The van der Waals surface area contributed by atoms with Crippen molar-refractivity contribution in [1.82, 2.24) is 9.97 Å². The molecule has 0 unspecified atom stereocenters. The molecule has 0 aromatic carbocycles. The van der Waals surface area contributed by atoms with E-state index in [9.17, 15) is 8.42 Å². The fraction of sp³-hybridized carbons (Fsp3) is 0.429. The molecule has 0 amide bonds. The number of aromatic nitrogens is 2. The maximum Gasteiger partial charge on any atom is 0.246 e. The Kier molecular flexibility index (Phi) is 2.94. The Morgan fingerprint density at radius 2 is 1.92 bits per heavy atom. The fourth-order valence-corrected chi connectivity index (χ4v) is 1.32. The predicted octanol–water partition coefficient (Wildman–Crippen LogP) is -0.619. The third-order valence-electron chi connectivity index (χ3n) is 1.45. The van der Waals surface area contributed by atoms with E-state index in [-0.39, 0.29) is 5.16 Å². The van der Waals surface area contributed by atoms with Crippen LogP contribution in [-0.2, 0) is 16.3 Å². The van der Waals surface area contributed by atoms with Crippen molar-refractivity contribution < 1.29 is 8.42 Å². The van der Waals surface area contributed by atoms with Crippen molar-refractivity contribution in [2.75, 3.05) is 12.8 Å². The number of nitrogens with two attached hydrogens (primary N) is 1. The molecule has 1 aromatic heterocycles. The molecule has 0 saturated heterocycles. The third-order valence-corrected chi connectivity index (χ3v) is 2.32. The van der Waals surface area contributed by atoms with Gasteiger partial charge in [-0.2, -0.15) is 0 Å². The SMILES string of the molecule is CS(=O)(=O)c1ncc(CCN)cn1. The number of hydrogen-bond acceptors (Lipinski definition) is 5. The Labute approximate surface area is 76.9 Å². The van der Waals surface area contributed by atoms with Gasteiger partial charge in [0.2, 0.25) is 15.0 Å². The van der Waals surface area contributed by atoms with Crippen molar-refractivity contribution in [2.45, 2.75) is 11.6 Å². The maximum absolute atomic E-state index is 11.0. The molecule has 0 aliphatic rings. The standard InChI is InChI=1S/C7H11N3O2S/c1-13(11,12)7-9-4-6(2-3-8)5-10-7/h4-5H,2-3,8H2,1H3. The number of rotatable bonds is 3. The highest BCUT2D eigenvalue weighted by atomic mass is 32.2. The summed E-state index contributed by atoms with van der Waals surface area (Å²) in [4.78, 5) is 7.43. The minimum absolute atomic E-state index is 0.145. The van der Waals surface area contributed by atoms with Crippen molar-refractivity contribution in [2.24, 2.45) is 5.73 Å². The Morgan fingerprint density at radius 3 is 2.31 bits per heavy atom. The van der Waals surface area contributed by atoms with Crippen LogP contribution in [0.4, 0.5) is 0 Å². The van der Waals surface area contributed by atoms with Crippen LogP contribution >= 0.6 is 0 Å². The largest absolute Gasteiger partial charge is 0.330 e. The van der Waals surface area contributed by atoms with Gasteiger partial charge >= 0.3 is 0 Å². The van der Waals surface area contributed by atoms with E-state index in [1.54, 1.807) is 0 Å². The van der Waals surface area contributed by atoms with Gasteiger partial charge in [-0.3, -0.25) is 0 Å². The van der Waals surface area contributed by atoms with Gasteiger partial charge in [-0.15, -0.1) is 0 Å². The van der Waals surface area contributed by atoms with Gasteiger partial charge in [0.05, 0.1) is 0 Å². The molecule has 0 bridgehead atoms. The summed E-state index contributed by atoms with van der Waals surface area (Å²) in [7, 11) is -3.29. The molecule has 72 valence electrons. The second-order valence-electron chi connectivity index (χ2n) is 2.68. The van der Waals surface area contributed by atoms with E-state index in [4.69, 9.17) is 5.73 Å². The van der Waals surface area contributed by atoms with Gasteiger partial charge < -0.3 is 5.73 Å². The van der Waals surface area contributed by atoms with Gasteiger partial charge in [0.1, 0.15) is 0 Å². The first-order valence-corrected chi connectivity index (χ1v) is 5.64. The zero-order chi connectivity index (χ0) is 9.90. The number of nitrogens with zero attached hydrogens (tertiary/aromatic N) is 2. The lowest BCUT2D eigenvalue weighted by Crippen LogP contribution is -2.07. The van der Waals surface area contributed by atoms with Crippen LogP contribution in [0, 0.1) is 0 Å². The molecule has 0 aliphatic carbocycles. The molecule has 0 radical (unpaired) electrons. The van der Waals surface area contributed by atoms with Crippen molar-refractivity contribution in [3.63, 3.8) is 0 Å². The van der Waals surface area contributed by atoms with Crippen LogP contribution in [0.2, 0.25) is 0 Å². The molecular formula is C7H11N3O2S. The lowest BCUT2D eigenvalue weighted by atomic mass is 10.2. The topological polar surface area (TPSA) is 85.9 Å². The average molecular weight is 201 g/mol. The molecule has 0 atom stereocenters. The minimum Gasteiger partial charge on any atom is -0.330 e. The zero-order valence-corrected chi connectivity index (χ0v) is 8.08. The van der Waals surface area contributed by atoms with Gasteiger partial charge in [0.15, 0.2) is 0 Å². The summed E-state index contributed by atoms with van der Waals surface area (Å²) in [5, 5.41) is -0.145. The summed E-state index contributed by atoms with van der Waals surface area (Å²) in [6.07, 6.45) is 4.70. The highest BCUT2D eigenvalue weighted by Gasteiger charge is 2.09. The molecule has 1 rings (SSSR count). The van der Waals surface area contributed by atoms with Gasteiger partial charge in [0.25, 0.3) is 0 Å². The van der Waals surface area contributed by atoms with Crippen LogP contribution < -0.4 is 5.73 Å². The van der Waals surface area contributed by atoms with Crippen molar-refractivity contribution in [1.29, 1.82) is 0 Å². The van der Waals surface area contributed by atoms with E-state index in [0.717, 1.165) is 11.8 Å². The van der Waals surface area contributed by atoms with Gasteiger partial charge in [0, 0.05) is 18.6 Å². The summed E-state index contributed by atoms with van der Waals surface area (Å²) in [5.74, 6) is 0. The average Bonchev–Trinajstić information content (AvgIpc) is 2.04. The first-order valence-electron chi connectivity index (χ1n) is 3.75. The van der Waals surface area contributed by atoms with E-state index in [1.165, 1.54) is 12.4 Å². The van der Waals surface area contributed by atoms with Crippen LogP contribution in [0.15, 0.2) is 17.6 Å². The Hall–Kier alpha value is -1.01. The van der Waals surface area contributed by atoms with E-state index in [1.807, 2.05) is 0 Å². The third kappa shape index (κ3) is 2.74. The number of hydrogen-bond donors (Lipinski definition) is 1. The Bertz CT molecular complexity index is 371. The van der Waals surface area contributed by atoms with E-state index in [2.05, 4.69) is 9.97 Å². The molecule has 0 spiro atoms. The van der Waals surface area contributed by atoms with Crippen LogP contribution in [0.5, 0.6) is 0 Å². The fourth-order valence-electron chi connectivity index (χ4n) is 0.830. The molecular weight excluding hydrogens is 190 g/mol. The number of sulfone groups is 1. The summed E-state index contributed by atoms with van der Waals surface area (Å²) in [6, 6.07) is 0. The zero-order valence-electron chi connectivity index (χ0n) is 7.27. The smallest absolute Gasteiger partial charge is 0.246 e. The molecule has 6 heteroatoms. The first-order chi connectivity index (χ1) is 6.04. The summed E-state index contributed by atoms with van der Waals surface area (Å²) in [6.45, 7) is 0.502. The molecule has 0 fully saturated rings. The van der Waals surface area contributed by atoms with Crippen molar-refractivity contribution in [3.8, 4) is 0 Å². The maximum atomic E-state index is 11.0. The molecule has 2 N–H and O–H groups in total. The van der Waals surface area contributed by atoms with E-state index >= 15 is 0 Å². The quantitative estimate of drug-likeness (QED) is 0.659. The van der Waals surface area contributed by atoms with Crippen LogP contribution in [0.25, 0.3) is 0 Å². The van der Waals surface area contributed by atoms with E-state index in [0.29, 0.717) is 13.0 Å². The summed E-state index contributed by atoms with van der Waals surface area (Å²) in [5.41, 5.74) is 6.15. The minimum atomic E-state index is -3.29. The molecule has 1 heterocycles. The van der Waals surface area contributed by atoms with Crippen molar-refractivity contribution >= 4 is 9.84 Å². The van der Waals surface area contributed by atoms with Gasteiger partial charge in [-0.1, -0.05) is 0 Å². The lowest BCUT2D eigenvalue weighted by molar-refractivity contribution is 0.592. The highest BCUT2D eigenvalue weighted by Crippen LogP contribution is 2.01. The molecule has 13 heavy (non-hydrogen) atoms. The molecule has 1 aromatic rings. The van der Waals surface area contributed by atoms with Gasteiger partial charge in [-0.25, -0.2) is 18.4 Å². The van der Waals surface area contributed by atoms with Crippen molar-refractivity contribution in [3.05, 3.63) is 18.0 Å². The normalized spacial score (nSPS) is 11.5. The highest BCUT2D eigenvalue weighted by molar-refractivity contribution is 7.90. The molecule has 0 aliphatic heterocycles. The molecule has 5 nitrogen and oxygen atoms in total. The first kappa shape index (κ1) is 10.1.